The van der Waals surface area contributed by atoms with E-state index in [1.54, 1.807) is 0 Å². The lowest BCUT2D eigenvalue weighted by molar-refractivity contribution is -0.0545. The third-order valence-corrected chi connectivity index (χ3v) is 4.22. The highest BCUT2D eigenvalue weighted by molar-refractivity contribution is 4.98. The summed E-state index contributed by atoms with van der Waals surface area (Å²) in [6.07, 6.45) is 5.07. The number of nitrogens with one attached hydrogen (secondary N) is 1. The standard InChI is InChI=1S/C15H28N4O/c1-5-18-7-6-17-15(18)10-13(16-4)14-11-19(12(2)3)8-9-20-14/h6-7,12-14,16H,5,8-11H2,1-4H3. The van der Waals surface area contributed by atoms with Crippen molar-refractivity contribution in [2.75, 3.05) is 26.7 Å². The van der Waals surface area contributed by atoms with Crippen molar-refractivity contribution < 1.29 is 4.74 Å². The molecule has 1 aromatic heterocycles. The van der Waals surface area contributed by atoms with Crippen LogP contribution in [0.5, 0.6) is 0 Å². The quantitative estimate of drug-likeness (QED) is 0.848. The molecule has 20 heavy (non-hydrogen) atoms. The van der Waals surface area contributed by atoms with E-state index in [0.717, 1.165) is 38.5 Å². The van der Waals surface area contributed by atoms with Gasteiger partial charge in [0.1, 0.15) is 5.82 Å². The molecule has 2 rings (SSSR count). The third kappa shape index (κ3) is 3.59. The summed E-state index contributed by atoms with van der Waals surface area (Å²) >= 11 is 0. The van der Waals surface area contributed by atoms with E-state index in [4.69, 9.17) is 4.74 Å². The van der Waals surface area contributed by atoms with Crippen molar-refractivity contribution in [3.63, 3.8) is 0 Å². The minimum atomic E-state index is 0.234. The zero-order valence-electron chi connectivity index (χ0n) is 13.2. The Kier molecular flexibility index (Phi) is 5.57. The molecule has 1 aromatic rings. The highest BCUT2D eigenvalue weighted by Gasteiger charge is 2.29. The number of hydrogen-bond acceptors (Lipinski definition) is 4. The monoisotopic (exact) mass is 280 g/mol. The Balaban J connectivity index is 2.00. The molecule has 5 heteroatoms. The van der Waals surface area contributed by atoms with Gasteiger partial charge in [-0.1, -0.05) is 0 Å². The highest BCUT2D eigenvalue weighted by atomic mass is 16.5. The molecule has 0 spiro atoms. The number of imidazole rings is 1. The summed E-state index contributed by atoms with van der Waals surface area (Å²) in [4.78, 5) is 6.97. The second kappa shape index (κ2) is 7.20. The number of nitrogens with zero attached hydrogens (tertiary/aromatic N) is 3. The maximum atomic E-state index is 5.99. The van der Waals surface area contributed by atoms with Crippen molar-refractivity contribution >= 4 is 0 Å². The summed E-state index contributed by atoms with van der Waals surface area (Å²) in [6.45, 7) is 10.5. The summed E-state index contributed by atoms with van der Waals surface area (Å²) in [6, 6.07) is 0.890. The minimum absolute atomic E-state index is 0.234. The fourth-order valence-corrected chi connectivity index (χ4v) is 2.84. The van der Waals surface area contributed by atoms with Crippen LogP contribution in [0, 0.1) is 0 Å². The van der Waals surface area contributed by atoms with Crippen molar-refractivity contribution in [1.82, 2.24) is 19.8 Å². The van der Waals surface area contributed by atoms with E-state index in [9.17, 15) is 0 Å². The van der Waals surface area contributed by atoms with Crippen molar-refractivity contribution in [3.05, 3.63) is 18.2 Å². The average Bonchev–Trinajstić information content (AvgIpc) is 2.92. The average molecular weight is 280 g/mol. The van der Waals surface area contributed by atoms with Crippen molar-refractivity contribution in [3.8, 4) is 0 Å². The molecule has 114 valence electrons. The van der Waals surface area contributed by atoms with Crippen LogP contribution >= 0.6 is 0 Å². The Labute approximate surface area is 122 Å². The fourth-order valence-electron chi connectivity index (χ4n) is 2.84. The van der Waals surface area contributed by atoms with Gasteiger partial charge >= 0.3 is 0 Å². The lowest BCUT2D eigenvalue weighted by atomic mass is 10.0. The second-order valence-electron chi connectivity index (χ2n) is 5.73. The van der Waals surface area contributed by atoms with Gasteiger partial charge in [-0.15, -0.1) is 0 Å². The van der Waals surface area contributed by atoms with Gasteiger partial charge in [-0.25, -0.2) is 4.98 Å². The Bertz CT molecular complexity index is 404. The molecular weight excluding hydrogens is 252 g/mol. The van der Waals surface area contributed by atoms with E-state index in [1.807, 2.05) is 19.4 Å². The first-order valence-corrected chi connectivity index (χ1v) is 7.68. The van der Waals surface area contributed by atoms with Crippen LogP contribution < -0.4 is 5.32 Å². The van der Waals surface area contributed by atoms with Crippen LogP contribution in [0.3, 0.4) is 0 Å². The first-order chi connectivity index (χ1) is 9.65. The molecule has 0 bridgehead atoms. The fraction of sp³-hybridized carbons (Fsp3) is 0.800. The number of hydrogen-bond donors (Lipinski definition) is 1. The SMILES string of the molecule is CCn1ccnc1CC(NC)C1CN(C(C)C)CCO1. The van der Waals surface area contributed by atoms with Gasteiger partial charge in [0, 0.05) is 50.5 Å². The molecule has 1 aliphatic rings. The van der Waals surface area contributed by atoms with E-state index in [2.05, 4.69) is 40.5 Å². The normalized spacial score (nSPS) is 22.4. The molecule has 2 unspecified atom stereocenters. The van der Waals surface area contributed by atoms with E-state index in [0.29, 0.717) is 12.1 Å². The Morgan fingerprint density at radius 3 is 2.95 bits per heavy atom. The molecule has 0 radical (unpaired) electrons. The molecule has 1 N–H and O–H groups in total. The summed E-state index contributed by atoms with van der Waals surface area (Å²) in [7, 11) is 2.02. The zero-order chi connectivity index (χ0) is 14.5. The van der Waals surface area contributed by atoms with E-state index < -0.39 is 0 Å². The topological polar surface area (TPSA) is 42.3 Å². The van der Waals surface area contributed by atoms with Gasteiger partial charge in [0.25, 0.3) is 0 Å². The summed E-state index contributed by atoms with van der Waals surface area (Å²) in [5, 5.41) is 3.42. The second-order valence-corrected chi connectivity index (χ2v) is 5.73. The van der Waals surface area contributed by atoms with Gasteiger partial charge in [-0.3, -0.25) is 4.90 Å². The Morgan fingerprint density at radius 2 is 2.30 bits per heavy atom. The van der Waals surface area contributed by atoms with Crippen molar-refractivity contribution in [2.45, 2.75) is 51.9 Å². The van der Waals surface area contributed by atoms with Crippen LogP contribution in [-0.4, -0.2) is 59.4 Å². The summed E-state index contributed by atoms with van der Waals surface area (Å²) < 4.78 is 8.19. The van der Waals surface area contributed by atoms with Crippen LogP contribution in [0.15, 0.2) is 12.4 Å². The first kappa shape index (κ1) is 15.5. The lowest BCUT2D eigenvalue weighted by Crippen LogP contribution is -2.54. The van der Waals surface area contributed by atoms with Gasteiger partial charge < -0.3 is 14.6 Å². The molecule has 1 saturated heterocycles. The molecule has 2 heterocycles. The number of likely N-dealkylation sites (N-methyl/N-ethyl adjacent to an activating group) is 1. The predicted molar refractivity (Wildman–Crippen MR) is 80.9 cm³/mol. The molecular formula is C15H28N4O. The van der Waals surface area contributed by atoms with Gasteiger partial charge in [0.15, 0.2) is 0 Å². The van der Waals surface area contributed by atoms with E-state index in [1.165, 1.54) is 0 Å². The number of ether oxygens (including phenoxy) is 1. The van der Waals surface area contributed by atoms with Gasteiger partial charge in [-0.05, 0) is 27.8 Å². The smallest absolute Gasteiger partial charge is 0.110 e. The Hall–Kier alpha value is -0.910. The number of aromatic nitrogens is 2. The molecule has 0 amide bonds. The van der Waals surface area contributed by atoms with Crippen LogP contribution in [0.2, 0.25) is 0 Å². The van der Waals surface area contributed by atoms with Gasteiger partial charge in [-0.2, -0.15) is 0 Å². The molecule has 1 fully saturated rings. The van der Waals surface area contributed by atoms with E-state index >= 15 is 0 Å². The van der Waals surface area contributed by atoms with Crippen LogP contribution in [0.25, 0.3) is 0 Å². The number of aryl methyl sites for hydroxylation is 1. The largest absolute Gasteiger partial charge is 0.374 e. The Morgan fingerprint density at radius 1 is 1.50 bits per heavy atom. The molecule has 1 aliphatic heterocycles. The maximum absolute atomic E-state index is 5.99. The third-order valence-electron chi connectivity index (χ3n) is 4.22. The lowest BCUT2D eigenvalue weighted by Gasteiger charge is -2.38. The maximum Gasteiger partial charge on any atom is 0.110 e. The van der Waals surface area contributed by atoms with Gasteiger partial charge in [0.05, 0.1) is 12.7 Å². The summed E-state index contributed by atoms with van der Waals surface area (Å²) in [5.41, 5.74) is 0. The summed E-state index contributed by atoms with van der Waals surface area (Å²) in [5.74, 6) is 1.14. The molecule has 5 nitrogen and oxygen atoms in total. The van der Waals surface area contributed by atoms with Crippen molar-refractivity contribution in [2.24, 2.45) is 0 Å². The minimum Gasteiger partial charge on any atom is -0.374 e. The van der Waals surface area contributed by atoms with Crippen molar-refractivity contribution in [1.29, 1.82) is 0 Å². The van der Waals surface area contributed by atoms with Crippen LogP contribution in [0.1, 0.15) is 26.6 Å². The first-order valence-electron chi connectivity index (χ1n) is 7.68. The molecule has 0 aromatic carbocycles. The predicted octanol–water partition coefficient (Wildman–Crippen LogP) is 1.14. The van der Waals surface area contributed by atoms with E-state index in [-0.39, 0.29) is 6.10 Å². The highest BCUT2D eigenvalue weighted by Crippen LogP contribution is 2.14. The number of morpholine rings is 1. The van der Waals surface area contributed by atoms with Crippen LogP contribution in [-0.2, 0) is 17.7 Å². The zero-order valence-corrected chi connectivity index (χ0v) is 13.2. The molecule has 0 aliphatic carbocycles. The molecule has 0 saturated carbocycles. The van der Waals surface area contributed by atoms with Gasteiger partial charge in [0.2, 0.25) is 0 Å². The van der Waals surface area contributed by atoms with Crippen LogP contribution in [0.4, 0.5) is 0 Å². The number of rotatable bonds is 6. The molecule has 2 atom stereocenters.